The van der Waals surface area contributed by atoms with Crippen molar-refractivity contribution in [3.8, 4) is 0 Å². The Bertz CT molecular complexity index is 430. The van der Waals surface area contributed by atoms with Gasteiger partial charge >= 0.3 is 0 Å². The molecule has 2 unspecified atom stereocenters. The van der Waals surface area contributed by atoms with E-state index in [1.165, 1.54) is 6.07 Å². The standard InChI is InChI=1S/C16H25FN2O/c1-11(8-19-9-12(2)20-13(3)10-19)16(18)14-6-4-5-7-15(14)17/h4-7,11-13,16H,8-10,18H2,1-3H3/t11?,12-,13+,16?. The van der Waals surface area contributed by atoms with Crippen molar-refractivity contribution in [1.29, 1.82) is 0 Å². The maximum Gasteiger partial charge on any atom is 0.127 e. The van der Waals surface area contributed by atoms with Gasteiger partial charge in [-0.15, -0.1) is 0 Å². The summed E-state index contributed by atoms with van der Waals surface area (Å²) in [4.78, 5) is 2.37. The molecule has 2 rings (SSSR count). The summed E-state index contributed by atoms with van der Waals surface area (Å²) in [5, 5.41) is 0. The highest BCUT2D eigenvalue weighted by Gasteiger charge is 2.26. The fraction of sp³-hybridized carbons (Fsp3) is 0.625. The van der Waals surface area contributed by atoms with Crippen LogP contribution in [0.3, 0.4) is 0 Å². The average molecular weight is 280 g/mol. The Labute approximate surface area is 120 Å². The van der Waals surface area contributed by atoms with Crippen LogP contribution in [0.25, 0.3) is 0 Å². The van der Waals surface area contributed by atoms with Crippen LogP contribution in [-0.2, 0) is 4.74 Å². The molecule has 4 heteroatoms. The molecule has 0 spiro atoms. The first-order valence-electron chi connectivity index (χ1n) is 7.35. The highest BCUT2D eigenvalue weighted by atomic mass is 19.1. The van der Waals surface area contributed by atoms with Crippen LogP contribution in [0.15, 0.2) is 24.3 Å². The van der Waals surface area contributed by atoms with Crippen LogP contribution in [-0.4, -0.2) is 36.7 Å². The summed E-state index contributed by atoms with van der Waals surface area (Å²) in [6, 6.07) is 6.51. The average Bonchev–Trinajstić information content (AvgIpc) is 2.37. The normalized spacial score (nSPS) is 27.2. The van der Waals surface area contributed by atoms with Crippen molar-refractivity contribution in [3.63, 3.8) is 0 Å². The quantitative estimate of drug-likeness (QED) is 0.921. The number of morpholine rings is 1. The first kappa shape index (κ1) is 15.4. The molecule has 0 saturated carbocycles. The van der Waals surface area contributed by atoms with E-state index in [-0.39, 0.29) is 30.0 Å². The van der Waals surface area contributed by atoms with E-state index in [9.17, 15) is 4.39 Å². The number of hydrogen-bond donors (Lipinski definition) is 1. The Kier molecular flexibility index (Phi) is 5.13. The molecule has 1 fully saturated rings. The lowest BCUT2D eigenvalue weighted by atomic mass is 9.94. The Morgan fingerprint density at radius 3 is 2.50 bits per heavy atom. The molecular formula is C16H25FN2O. The summed E-state index contributed by atoms with van der Waals surface area (Å²) >= 11 is 0. The van der Waals surface area contributed by atoms with Crippen molar-refractivity contribution in [2.24, 2.45) is 11.7 Å². The third-order valence-electron chi connectivity index (χ3n) is 3.92. The van der Waals surface area contributed by atoms with Gasteiger partial charge in [0.2, 0.25) is 0 Å². The van der Waals surface area contributed by atoms with Gasteiger partial charge in [0.15, 0.2) is 0 Å². The summed E-state index contributed by atoms with van der Waals surface area (Å²) < 4.78 is 19.5. The molecule has 1 aromatic carbocycles. The van der Waals surface area contributed by atoms with Crippen molar-refractivity contribution in [2.45, 2.75) is 39.0 Å². The molecule has 0 bridgehead atoms. The van der Waals surface area contributed by atoms with Crippen LogP contribution >= 0.6 is 0 Å². The smallest absolute Gasteiger partial charge is 0.127 e. The van der Waals surface area contributed by atoms with Gasteiger partial charge < -0.3 is 10.5 Å². The predicted octanol–water partition coefficient (Wildman–Crippen LogP) is 2.57. The highest BCUT2D eigenvalue weighted by molar-refractivity contribution is 5.21. The number of halogens is 1. The van der Waals surface area contributed by atoms with Gasteiger partial charge in [0, 0.05) is 31.2 Å². The molecule has 1 aliphatic heterocycles. The molecule has 1 saturated heterocycles. The van der Waals surface area contributed by atoms with Gasteiger partial charge in [-0.05, 0) is 25.8 Å². The minimum atomic E-state index is -0.273. The van der Waals surface area contributed by atoms with Gasteiger partial charge in [-0.1, -0.05) is 25.1 Å². The number of nitrogens with two attached hydrogens (primary N) is 1. The van der Waals surface area contributed by atoms with Crippen molar-refractivity contribution in [1.82, 2.24) is 4.90 Å². The van der Waals surface area contributed by atoms with E-state index in [0.717, 1.165) is 19.6 Å². The lowest BCUT2D eigenvalue weighted by molar-refractivity contribution is -0.0716. The second kappa shape index (κ2) is 6.66. The fourth-order valence-electron chi connectivity index (χ4n) is 3.01. The first-order chi connectivity index (χ1) is 9.47. The third-order valence-corrected chi connectivity index (χ3v) is 3.92. The van der Waals surface area contributed by atoms with Crippen LogP contribution in [0.5, 0.6) is 0 Å². The van der Waals surface area contributed by atoms with E-state index in [1.807, 2.05) is 6.07 Å². The number of rotatable bonds is 4. The molecular weight excluding hydrogens is 255 g/mol. The topological polar surface area (TPSA) is 38.5 Å². The minimum Gasteiger partial charge on any atom is -0.373 e. The van der Waals surface area contributed by atoms with E-state index in [2.05, 4.69) is 25.7 Å². The molecule has 2 N–H and O–H groups in total. The summed E-state index contributed by atoms with van der Waals surface area (Å²) in [6.45, 7) is 8.96. The monoisotopic (exact) mass is 280 g/mol. The maximum atomic E-state index is 13.8. The van der Waals surface area contributed by atoms with Crippen LogP contribution < -0.4 is 5.73 Å². The zero-order chi connectivity index (χ0) is 14.7. The molecule has 0 amide bonds. The van der Waals surface area contributed by atoms with Crippen LogP contribution in [0.2, 0.25) is 0 Å². The summed E-state index contributed by atoms with van der Waals surface area (Å²) in [6.07, 6.45) is 0.492. The minimum absolute atomic E-state index is 0.199. The first-order valence-corrected chi connectivity index (χ1v) is 7.35. The number of nitrogens with zero attached hydrogens (tertiary/aromatic N) is 1. The molecule has 0 aliphatic carbocycles. The molecule has 0 aromatic heterocycles. The lowest BCUT2D eigenvalue weighted by Crippen LogP contribution is -2.47. The summed E-state index contributed by atoms with van der Waals surface area (Å²) in [5.41, 5.74) is 6.83. The summed E-state index contributed by atoms with van der Waals surface area (Å²) in [5.74, 6) is -0.0139. The molecule has 1 heterocycles. The number of ether oxygens (including phenoxy) is 1. The van der Waals surface area contributed by atoms with E-state index < -0.39 is 0 Å². The maximum absolute atomic E-state index is 13.8. The lowest BCUT2D eigenvalue weighted by Gasteiger charge is -2.37. The van der Waals surface area contributed by atoms with E-state index in [0.29, 0.717) is 5.56 Å². The van der Waals surface area contributed by atoms with E-state index >= 15 is 0 Å². The van der Waals surface area contributed by atoms with Crippen LogP contribution in [0, 0.1) is 11.7 Å². The van der Waals surface area contributed by atoms with Gasteiger partial charge in [0.25, 0.3) is 0 Å². The number of hydrogen-bond acceptors (Lipinski definition) is 3. The Balaban J connectivity index is 1.97. The van der Waals surface area contributed by atoms with E-state index in [4.69, 9.17) is 10.5 Å². The Morgan fingerprint density at radius 1 is 1.30 bits per heavy atom. The van der Waals surface area contributed by atoms with Gasteiger partial charge in [-0.25, -0.2) is 4.39 Å². The SMILES string of the molecule is CC(CN1C[C@@H](C)O[C@@H](C)C1)C(N)c1ccccc1F. The molecule has 20 heavy (non-hydrogen) atoms. The van der Waals surface area contributed by atoms with Crippen LogP contribution in [0.4, 0.5) is 4.39 Å². The van der Waals surface area contributed by atoms with Gasteiger partial charge in [0.05, 0.1) is 12.2 Å². The van der Waals surface area contributed by atoms with Crippen molar-refractivity contribution < 1.29 is 9.13 Å². The van der Waals surface area contributed by atoms with Gasteiger partial charge in [-0.3, -0.25) is 4.90 Å². The third kappa shape index (κ3) is 3.78. The zero-order valence-corrected chi connectivity index (χ0v) is 12.6. The molecule has 3 nitrogen and oxygen atoms in total. The largest absolute Gasteiger partial charge is 0.373 e. The second-order valence-corrected chi connectivity index (χ2v) is 6.00. The van der Waals surface area contributed by atoms with Crippen molar-refractivity contribution in [3.05, 3.63) is 35.6 Å². The molecule has 0 radical (unpaired) electrons. The molecule has 4 atom stereocenters. The Hall–Kier alpha value is -0.970. The molecule has 1 aliphatic rings. The highest BCUT2D eigenvalue weighted by Crippen LogP contribution is 2.23. The number of benzene rings is 1. The van der Waals surface area contributed by atoms with Gasteiger partial charge in [-0.2, -0.15) is 0 Å². The fourth-order valence-corrected chi connectivity index (χ4v) is 3.01. The van der Waals surface area contributed by atoms with Crippen molar-refractivity contribution >= 4 is 0 Å². The molecule has 1 aromatic rings. The summed E-state index contributed by atoms with van der Waals surface area (Å²) in [7, 11) is 0. The second-order valence-electron chi connectivity index (χ2n) is 6.00. The van der Waals surface area contributed by atoms with Crippen LogP contribution in [0.1, 0.15) is 32.4 Å². The Morgan fingerprint density at radius 2 is 1.90 bits per heavy atom. The van der Waals surface area contributed by atoms with E-state index in [1.54, 1.807) is 12.1 Å². The zero-order valence-electron chi connectivity index (χ0n) is 12.6. The van der Waals surface area contributed by atoms with Crippen molar-refractivity contribution in [2.75, 3.05) is 19.6 Å². The molecule has 112 valence electrons. The predicted molar refractivity (Wildman–Crippen MR) is 78.9 cm³/mol. The van der Waals surface area contributed by atoms with Gasteiger partial charge in [0.1, 0.15) is 5.82 Å².